The Kier molecular flexibility index (Phi) is 9.14. The number of aliphatic carboxylic acids is 1. The highest BCUT2D eigenvalue weighted by atomic mass is 16.5. The summed E-state index contributed by atoms with van der Waals surface area (Å²) in [5.41, 5.74) is 0.789. The lowest BCUT2D eigenvalue weighted by atomic mass is 10.0. The zero-order chi connectivity index (χ0) is 22.8. The van der Waals surface area contributed by atoms with Crippen molar-refractivity contribution in [2.75, 3.05) is 13.2 Å². The molecular formula is C23H28N2O6. The Labute approximate surface area is 181 Å². The van der Waals surface area contributed by atoms with Gasteiger partial charge in [0, 0.05) is 19.5 Å². The lowest BCUT2D eigenvalue weighted by Crippen LogP contribution is -2.48. The zero-order valence-electron chi connectivity index (χ0n) is 17.7. The fourth-order valence-electron chi connectivity index (χ4n) is 3.25. The highest BCUT2D eigenvalue weighted by molar-refractivity contribution is 5.92. The first-order chi connectivity index (χ1) is 14.8. The Balaban J connectivity index is 1.93. The molecule has 0 aromatic heterocycles. The highest BCUT2D eigenvalue weighted by Crippen LogP contribution is 2.19. The molecule has 2 atom stereocenters. The standard InChI is InChI=1S/C23H28N2O6/c1-3-18(25-15(2)26)13-24-20(12-22(28)29)21(27)14-31-23(30)11-17-9-6-8-16-7-4-5-10-19(16)17/h4-10,18,20,24H,3,11-14H2,1-2H3,(H,25,26)(H,28,29). The van der Waals surface area contributed by atoms with E-state index in [2.05, 4.69) is 10.6 Å². The van der Waals surface area contributed by atoms with Crippen molar-refractivity contribution in [1.82, 2.24) is 10.6 Å². The van der Waals surface area contributed by atoms with Gasteiger partial charge < -0.3 is 20.5 Å². The van der Waals surface area contributed by atoms with Gasteiger partial charge in [0.25, 0.3) is 0 Å². The molecule has 2 rings (SSSR count). The molecule has 0 saturated carbocycles. The number of carboxylic acids is 1. The average molecular weight is 428 g/mol. The maximum absolute atomic E-state index is 12.5. The molecule has 166 valence electrons. The SMILES string of the molecule is CCC(CNC(CC(=O)O)C(=O)COC(=O)Cc1cccc2ccccc12)NC(C)=O. The fourth-order valence-corrected chi connectivity index (χ4v) is 3.25. The summed E-state index contributed by atoms with van der Waals surface area (Å²) in [5.74, 6) is -2.47. The second-order valence-corrected chi connectivity index (χ2v) is 7.31. The number of esters is 1. The van der Waals surface area contributed by atoms with Crippen molar-refractivity contribution in [3.8, 4) is 0 Å². The Morgan fingerprint density at radius 2 is 1.77 bits per heavy atom. The van der Waals surface area contributed by atoms with Crippen LogP contribution in [0.5, 0.6) is 0 Å². The molecule has 0 saturated heterocycles. The van der Waals surface area contributed by atoms with E-state index >= 15 is 0 Å². The topological polar surface area (TPSA) is 122 Å². The summed E-state index contributed by atoms with van der Waals surface area (Å²) in [7, 11) is 0. The average Bonchev–Trinajstić information content (AvgIpc) is 2.73. The highest BCUT2D eigenvalue weighted by Gasteiger charge is 2.24. The van der Waals surface area contributed by atoms with Crippen LogP contribution in [-0.4, -0.2) is 54.0 Å². The molecule has 0 aliphatic heterocycles. The summed E-state index contributed by atoms with van der Waals surface area (Å²) in [6, 6.07) is 12.0. The summed E-state index contributed by atoms with van der Waals surface area (Å²) in [6.07, 6.45) is 0.170. The molecule has 8 nitrogen and oxygen atoms in total. The Hall–Kier alpha value is -3.26. The van der Waals surface area contributed by atoms with Crippen LogP contribution in [0, 0.1) is 0 Å². The largest absolute Gasteiger partial charge is 0.481 e. The normalized spacial score (nSPS) is 12.7. The van der Waals surface area contributed by atoms with Gasteiger partial charge in [0.15, 0.2) is 12.4 Å². The van der Waals surface area contributed by atoms with Crippen molar-refractivity contribution in [2.24, 2.45) is 0 Å². The molecule has 1 amide bonds. The number of ketones is 1. The molecule has 0 aliphatic carbocycles. The van der Waals surface area contributed by atoms with E-state index in [1.807, 2.05) is 49.4 Å². The minimum absolute atomic E-state index is 0.00605. The predicted molar refractivity (Wildman–Crippen MR) is 116 cm³/mol. The monoisotopic (exact) mass is 428 g/mol. The van der Waals surface area contributed by atoms with Crippen LogP contribution in [0.3, 0.4) is 0 Å². The quantitative estimate of drug-likeness (QED) is 0.441. The number of amides is 1. The smallest absolute Gasteiger partial charge is 0.310 e. The van der Waals surface area contributed by atoms with Crippen LogP contribution >= 0.6 is 0 Å². The van der Waals surface area contributed by atoms with E-state index in [-0.39, 0.29) is 24.9 Å². The van der Waals surface area contributed by atoms with Gasteiger partial charge in [-0.25, -0.2) is 0 Å². The van der Waals surface area contributed by atoms with Crippen LogP contribution in [0.25, 0.3) is 10.8 Å². The second kappa shape index (κ2) is 11.8. The molecule has 0 aliphatic rings. The van der Waals surface area contributed by atoms with Gasteiger partial charge in [-0.2, -0.15) is 0 Å². The molecule has 3 N–H and O–H groups in total. The van der Waals surface area contributed by atoms with E-state index < -0.39 is 36.8 Å². The lowest BCUT2D eigenvalue weighted by Gasteiger charge is -2.21. The van der Waals surface area contributed by atoms with Crippen LogP contribution < -0.4 is 10.6 Å². The third-order valence-corrected chi connectivity index (χ3v) is 4.87. The molecular weight excluding hydrogens is 400 g/mol. The molecule has 0 bridgehead atoms. The van der Waals surface area contributed by atoms with E-state index in [0.717, 1.165) is 16.3 Å². The fraction of sp³-hybridized carbons (Fsp3) is 0.391. The van der Waals surface area contributed by atoms with E-state index in [9.17, 15) is 19.2 Å². The van der Waals surface area contributed by atoms with Crippen molar-refractivity contribution in [1.29, 1.82) is 0 Å². The summed E-state index contributed by atoms with van der Waals surface area (Å²) in [4.78, 5) is 47.1. The number of hydrogen-bond acceptors (Lipinski definition) is 6. The molecule has 8 heteroatoms. The van der Waals surface area contributed by atoms with Crippen LogP contribution in [0.4, 0.5) is 0 Å². The van der Waals surface area contributed by atoms with E-state index in [1.54, 1.807) is 0 Å². The minimum atomic E-state index is -1.15. The van der Waals surface area contributed by atoms with Gasteiger partial charge in [-0.05, 0) is 22.8 Å². The number of hydrogen-bond donors (Lipinski definition) is 3. The van der Waals surface area contributed by atoms with Crippen molar-refractivity contribution in [2.45, 2.75) is 45.2 Å². The number of rotatable bonds is 12. The Bertz CT molecular complexity index is 937. The molecule has 0 radical (unpaired) electrons. The van der Waals surface area contributed by atoms with Gasteiger partial charge in [-0.3, -0.25) is 19.2 Å². The molecule has 31 heavy (non-hydrogen) atoms. The Morgan fingerprint density at radius 3 is 2.45 bits per heavy atom. The van der Waals surface area contributed by atoms with E-state index in [1.165, 1.54) is 6.92 Å². The predicted octanol–water partition coefficient (Wildman–Crippen LogP) is 1.84. The first-order valence-electron chi connectivity index (χ1n) is 10.2. The molecule has 0 fully saturated rings. The molecule has 2 aromatic carbocycles. The van der Waals surface area contributed by atoms with E-state index in [4.69, 9.17) is 9.84 Å². The van der Waals surface area contributed by atoms with Crippen LogP contribution in [0.2, 0.25) is 0 Å². The van der Waals surface area contributed by atoms with Gasteiger partial charge in [0.2, 0.25) is 5.91 Å². The summed E-state index contributed by atoms with van der Waals surface area (Å²) in [6.45, 7) is 2.96. The molecule has 2 aromatic rings. The number of carbonyl (C=O) groups excluding carboxylic acids is 3. The van der Waals surface area contributed by atoms with Crippen LogP contribution in [-0.2, 0) is 30.3 Å². The van der Waals surface area contributed by atoms with Gasteiger partial charge in [0.1, 0.15) is 0 Å². The number of carboxylic acid groups (broad SMARTS) is 1. The number of nitrogens with one attached hydrogen (secondary N) is 2. The van der Waals surface area contributed by atoms with Gasteiger partial charge in [-0.15, -0.1) is 0 Å². The molecule has 0 heterocycles. The summed E-state index contributed by atoms with van der Waals surface area (Å²) < 4.78 is 5.13. The number of benzene rings is 2. The number of fused-ring (bicyclic) bond motifs is 1. The number of carbonyl (C=O) groups is 4. The van der Waals surface area contributed by atoms with Crippen molar-refractivity contribution >= 4 is 34.4 Å². The van der Waals surface area contributed by atoms with Crippen LogP contribution in [0.15, 0.2) is 42.5 Å². The third-order valence-electron chi connectivity index (χ3n) is 4.87. The van der Waals surface area contributed by atoms with Crippen molar-refractivity contribution in [3.63, 3.8) is 0 Å². The minimum Gasteiger partial charge on any atom is -0.481 e. The maximum atomic E-state index is 12.5. The second-order valence-electron chi connectivity index (χ2n) is 7.31. The third kappa shape index (κ3) is 7.82. The number of Topliss-reactive ketones (excluding diaryl/α,β-unsaturated/α-hetero) is 1. The summed E-state index contributed by atoms with van der Waals surface area (Å²) >= 11 is 0. The van der Waals surface area contributed by atoms with Crippen LogP contribution in [0.1, 0.15) is 32.3 Å². The molecule has 2 unspecified atom stereocenters. The molecule has 0 spiro atoms. The lowest BCUT2D eigenvalue weighted by molar-refractivity contribution is -0.148. The summed E-state index contributed by atoms with van der Waals surface area (Å²) in [5, 5.41) is 16.6. The first kappa shape index (κ1) is 24.0. The van der Waals surface area contributed by atoms with E-state index in [0.29, 0.717) is 6.42 Å². The van der Waals surface area contributed by atoms with Gasteiger partial charge in [-0.1, -0.05) is 49.4 Å². The van der Waals surface area contributed by atoms with Crippen molar-refractivity contribution in [3.05, 3.63) is 48.0 Å². The van der Waals surface area contributed by atoms with Crippen molar-refractivity contribution < 1.29 is 29.0 Å². The maximum Gasteiger partial charge on any atom is 0.310 e. The Morgan fingerprint density at radius 1 is 1.06 bits per heavy atom. The van der Waals surface area contributed by atoms with Gasteiger partial charge >= 0.3 is 11.9 Å². The number of ether oxygens (including phenoxy) is 1. The van der Waals surface area contributed by atoms with Gasteiger partial charge in [0.05, 0.1) is 18.9 Å². The zero-order valence-corrected chi connectivity index (χ0v) is 17.7. The first-order valence-corrected chi connectivity index (χ1v) is 10.2.